The summed E-state index contributed by atoms with van der Waals surface area (Å²) in [5.74, 6) is -0.989. The molecular formula is C22H18Cl3N3O4S. The van der Waals surface area contributed by atoms with Crippen molar-refractivity contribution in [1.82, 2.24) is 5.43 Å². The van der Waals surface area contributed by atoms with Gasteiger partial charge in [0.1, 0.15) is 12.3 Å². The molecule has 0 heterocycles. The number of anilines is 1. The Morgan fingerprint density at radius 1 is 1.06 bits per heavy atom. The van der Waals surface area contributed by atoms with E-state index in [0.717, 1.165) is 16.1 Å². The topological polar surface area (TPSA) is 99.1 Å². The van der Waals surface area contributed by atoms with Gasteiger partial charge in [-0.3, -0.25) is 9.10 Å². The highest BCUT2D eigenvalue weighted by atomic mass is 35.5. The first-order valence-corrected chi connectivity index (χ1v) is 12.0. The van der Waals surface area contributed by atoms with Gasteiger partial charge in [-0.25, -0.2) is 13.8 Å². The number of aryl methyl sites for hydroxylation is 1. The molecule has 172 valence electrons. The van der Waals surface area contributed by atoms with Crippen LogP contribution in [0.25, 0.3) is 0 Å². The molecule has 0 radical (unpaired) electrons. The minimum Gasteiger partial charge on any atom is -0.506 e. The highest BCUT2D eigenvalue weighted by Crippen LogP contribution is 2.30. The molecule has 11 heteroatoms. The van der Waals surface area contributed by atoms with E-state index in [1.807, 2.05) is 0 Å². The van der Waals surface area contributed by atoms with E-state index >= 15 is 0 Å². The fourth-order valence-electron chi connectivity index (χ4n) is 2.80. The average molecular weight is 527 g/mol. The quantitative estimate of drug-likeness (QED) is 0.334. The highest BCUT2D eigenvalue weighted by Gasteiger charge is 2.27. The lowest BCUT2D eigenvalue weighted by molar-refractivity contribution is -0.119. The van der Waals surface area contributed by atoms with Gasteiger partial charge < -0.3 is 5.11 Å². The van der Waals surface area contributed by atoms with E-state index in [4.69, 9.17) is 34.8 Å². The van der Waals surface area contributed by atoms with Crippen molar-refractivity contribution in [2.45, 2.75) is 11.8 Å². The number of hydrogen-bond acceptors (Lipinski definition) is 5. The normalized spacial score (nSPS) is 11.5. The molecule has 0 atom stereocenters. The number of benzene rings is 3. The zero-order chi connectivity index (χ0) is 24.2. The summed E-state index contributed by atoms with van der Waals surface area (Å²) in [6, 6.07) is 15.2. The van der Waals surface area contributed by atoms with Crippen molar-refractivity contribution in [3.8, 4) is 5.75 Å². The third kappa shape index (κ3) is 5.97. The van der Waals surface area contributed by atoms with Crippen LogP contribution < -0.4 is 9.73 Å². The third-order valence-electron chi connectivity index (χ3n) is 4.51. The van der Waals surface area contributed by atoms with Gasteiger partial charge in [-0.1, -0.05) is 59.1 Å². The van der Waals surface area contributed by atoms with Crippen LogP contribution in [0.15, 0.2) is 70.7 Å². The predicted molar refractivity (Wildman–Crippen MR) is 131 cm³/mol. The molecule has 2 N–H and O–H groups in total. The summed E-state index contributed by atoms with van der Waals surface area (Å²) >= 11 is 18.0. The molecule has 3 aromatic rings. The second kappa shape index (κ2) is 10.4. The number of phenols is 1. The molecule has 0 unspecified atom stereocenters. The number of nitrogens with zero attached hydrogens (tertiary/aromatic N) is 2. The second-order valence-corrected chi connectivity index (χ2v) is 9.99. The van der Waals surface area contributed by atoms with Crippen LogP contribution in [0.2, 0.25) is 15.1 Å². The number of amides is 1. The molecule has 0 aliphatic rings. The van der Waals surface area contributed by atoms with Crippen LogP contribution >= 0.6 is 34.8 Å². The van der Waals surface area contributed by atoms with E-state index < -0.39 is 22.5 Å². The molecule has 0 aliphatic carbocycles. The van der Waals surface area contributed by atoms with E-state index in [2.05, 4.69) is 10.5 Å². The van der Waals surface area contributed by atoms with Gasteiger partial charge in [-0.2, -0.15) is 5.10 Å². The molecule has 3 rings (SSSR count). The molecule has 7 nitrogen and oxygen atoms in total. The molecule has 1 amide bonds. The van der Waals surface area contributed by atoms with Gasteiger partial charge in [0.25, 0.3) is 15.9 Å². The summed E-state index contributed by atoms with van der Waals surface area (Å²) in [7, 11) is -4.09. The van der Waals surface area contributed by atoms with Crippen LogP contribution in [-0.2, 0) is 14.8 Å². The molecule has 0 saturated carbocycles. The third-order valence-corrected chi connectivity index (χ3v) is 7.21. The van der Waals surface area contributed by atoms with Crippen LogP contribution in [-0.4, -0.2) is 32.2 Å². The number of phenolic OH excluding ortho intramolecular Hbond substituents is 1. The SMILES string of the molecule is Cc1ccc(N(CC(=O)NN=Cc2cc(Cl)cc(Cl)c2O)S(=O)(=O)c2ccccc2)cc1Cl. The Kier molecular flexibility index (Phi) is 7.86. The van der Waals surface area contributed by atoms with Gasteiger partial charge in [0.2, 0.25) is 0 Å². The predicted octanol–water partition coefficient (Wildman–Crippen LogP) is 5.01. The van der Waals surface area contributed by atoms with Gasteiger partial charge in [0, 0.05) is 15.6 Å². The summed E-state index contributed by atoms with van der Waals surface area (Å²) in [5.41, 5.74) is 3.39. The number of rotatable bonds is 7. The van der Waals surface area contributed by atoms with Crippen molar-refractivity contribution >= 4 is 62.6 Å². The van der Waals surface area contributed by atoms with Crippen LogP contribution in [0.3, 0.4) is 0 Å². The Balaban J connectivity index is 1.87. The van der Waals surface area contributed by atoms with Crippen molar-refractivity contribution in [3.63, 3.8) is 0 Å². The monoisotopic (exact) mass is 525 g/mol. The number of carbonyl (C=O) groups is 1. The maximum atomic E-state index is 13.3. The molecule has 0 fully saturated rings. The van der Waals surface area contributed by atoms with Crippen molar-refractivity contribution in [2.75, 3.05) is 10.8 Å². The van der Waals surface area contributed by atoms with Crippen LogP contribution in [0.1, 0.15) is 11.1 Å². The largest absolute Gasteiger partial charge is 0.506 e. The van der Waals surface area contributed by atoms with E-state index in [9.17, 15) is 18.3 Å². The van der Waals surface area contributed by atoms with Gasteiger partial charge >= 0.3 is 0 Å². The number of halogens is 3. The van der Waals surface area contributed by atoms with Gasteiger partial charge in [0.15, 0.2) is 0 Å². The lowest BCUT2D eigenvalue weighted by Crippen LogP contribution is -2.39. The number of aromatic hydroxyl groups is 1. The number of carbonyl (C=O) groups excluding carboxylic acids is 1. The van der Waals surface area contributed by atoms with E-state index in [0.29, 0.717) is 5.02 Å². The molecule has 33 heavy (non-hydrogen) atoms. The lowest BCUT2D eigenvalue weighted by Gasteiger charge is -2.24. The van der Waals surface area contributed by atoms with Gasteiger partial charge in [0.05, 0.1) is 21.8 Å². The maximum Gasteiger partial charge on any atom is 0.264 e. The summed E-state index contributed by atoms with van der Waals surface area (Å²) in [6.45, 7) is 1.21. The van der Waals surface area contributed by atoms with Crippen molar-refractivity contribution in [1.29, 1.82) is 0 Å². The van der Waals surface area contributed by atoms with Crippen LogP contribution in [0.5, 0.6) is 5.75 Å². The molecule has 0 spiro atoms. The zero-order valence-corrected chi connectivity index (χ0v) is 20.3. The van der Waals surface area contributed by atoms with Gasteiger partial charge in [-0.05, 0) is 48.9 Å². The molecule has 0 aromatic heterocycles. The van der Waals surface area contributed by atoms with E-state index in [-0.39, 0.29) is 31.9 Å². The zero-order valence-electron chi connectivity index (χ0n) is 17.2. The Labute approximate surface area is 206 Å². The minimum absolute atomic E-state index is 0.0106. The first-order chi connectivity index (χ1) is 15.6. The minimum atomic E-state index is -4.09. The van der Waals surface area contributed by atoms with Crippen LogP contribution in [0, 0.1) is 6.92 Å². The smallest absolute Gasteiger partial charge is 0.264 e. The summed E-state index contributed by atoms with van der Waals surface area (Å²) in [5, 5.41) is 14.4. The molecule has 0 aliphatic heterocycles. The Bertz CT molecular complexity index is 1320. The van der Waals surface area contributed by atoms with Crippen molar-refractivity contribution in [2.24, 2.45) is 5.10 Å². The second-order valence-electron chi connectivity index (χ2n) is 6.88. The maximum absolute atomic E-state index is 13.3. The Morgan fingerprint density at radius 2 is 1.76 bits per heavy atom. The van der Waals surface area contributed by atoms with Crippen LogP contribution in [0.4, 0.5) is 5.69 Å². The molecule has 0 bridgehead atoms. The van der Waals surface area contributed by atoms with Crippen molar-refractivity contribution in [3.05, 3.63) is 86.9 Å². The first kappa shape index (κ1) is 24.9. The summed E-state index contributed by atoms with van der Waals surface area (Å²) in [6.07, 6.45) is 1.14. The van der Waals surface area contributed by atoms with Crippen molar-refractivity contribution < 1.29 is 18.3 Å². The Hall–Kier alpha value is -2.78. The molecule has 3 aromatic carbocycles. The number of hydrogen-bond donors (Lipinski definition) is 2. The standard InChI is InChI=1S/C22H18Cl3N3O4S/c1-14-7-8-17(11-19(14)24)28(33(31,32)18-5-3-2-4-6-18)13-21(29)27-26-12-15-9-16(23)10-20(25)22(15)30/h2-12,30H,13H2,1H3,(H,27,29). The highest BCUT2D eigenvalue weighted by molar-refractivity contribution is 7.92. The summed E-state index contributed by atoms with van der Waals surface area (Å²) in [4.78, 5) is 12.6. The molecular weight excluding hydrogens is 509 g/mol. The fraction of sp³-hybridized carbons (Fsp3) is 0.0909. The van der Waals surface area contributed by atoms with E-state index in [1.165, 1.54) is 30.3 Å². The molecule has 0 saturated heterocycles. The number of sulfonamides is 1. The van der Waals surface area contributed by atoms with E-state index in [1.54, 1.807) is 37.3 Å². The van der Waals surface area contributed by atoms with Gasteiger partial charge in [-0.15, -0.1) is 0 Å². The lowest BCUT2D eigenvalue weighted by atomic mass is 10.2. The number of nitrogens with one attached hydrogen (secondary N) is 1. The fourth-order valence-corrected chi connectivity index (χ4v) is 4.91. The number of hydrazone groups is 1. The first-order valence-electron chi connectivity index (χ1n) is 9.43. The summed E-state index contributed by atoms with van der Waals surface area (Å²) < 4.78 is 27.5. The Morgan fingerprint density at radius 3 is 2.42 bits per heavy atom. The average Bonchev–Trinajstić information content (AvgIpc) is 2.78.